The summed E-state index contributed by atoms with van der Waals surface area (Å²) in [5.74, 6) is 0. The van der Waals surface area contributed by atoms with Crippen LogP contribution in [0, 0.1) is 12.1 Å². The van der Waals surface area contributed by atoms with Gasteiger partial charge >= 0.3 is 31.5 Å². The van der Waals surface area contributed by atoms with Crippen molar-refractivity contribution in [2.45, 2.75) is 12.8 Å². The second-order valence-electron chi connectivity index (χ2n) is 6.81. The molecule has 6 rings (SSSR count). The molecule has 0 aliphatic heterocycles. The van der Waals surface area contributed by atoms with E-state index in [9.17, 15) is 0 Å². The van der Waals surface area contributed by atoms with Crippen LogP contribution < -0.4 is 24.8 Å². The fourth-order valence-electron chi connectivity index (χ4n) is 3.91. The topological polar surface area (TPSA) is 12.9 Å². The number of rotatable bonds is 0. The SMILES string of the molecule is Brc1[c-]c2c(cc1)-c1cnccc1C2.[Cl-].[Cl-].[S]=[Zr+2].[c-]1cccc2c1-c1ccccc1C2. The van der Waals surface area contributed by atoms with Crippen molar-refractivity contribution in [2.75, 3.05) is 0 Å². The molecule has 2 aliphatic carbocycles. The van der Waals surface area contributed by atoms with Gasteiger partial charge in [-0.15, -0.1) is 46.5 Å². The van der Waals surface area contributed by atoms with Crippen molar-refractivity contribution in [3.63, 3.8) is 0 Å². The molecule has 4 aromatic rings. The third kappa shape index (κ3) is 5.67. The van der Waals surface area contributed by atoms with Crippen molar-refractivity contribution in [1.82, 2.24) is 4.98 Å². The molecule has 6 heteroatoms. The Morgan fingerprint density at radius 3 is 2.39 bits per heavy atom. The Morgan fingerprint density at radius 2 is 1.55 bits per heavy atom. The monoisotopic (exact) mass is 601 g/mol. The Labute approximate surface area is 222 Å². The predicted molar refractivity (Wildman–Crippen MR) is 120 cm³/mol. The molecular formula is C25H16BrCl2NSZr-2. The molecule has 1 heterocycles. The summed E-state index contributed by atoms with van der Waals surface area (Å²) < 4.78 is 1.03. The zero-order valence-corrected chi connectivity index (χ0v) is 22.7. The molecule has 31 heavy (non-hydrogen) atoms. The van der Waals surface area contributed by atoms with Crippen LogP contribution >= 0.6 is 24.8 Å². The largest absolute Gasteiger partial charge is 0.147 e. The van der Waals surface area contributed by atoms with Crippen LogP contribution in [0.1, 0.15) is 22.3 Å². The maximum atomic E-state index is 4.17. The maximum absolute atomic E-state index is 4.17. The van der Waals surface area contributed by atoms with Gasteiger partial charge in [-0.3, -0.25) is 4.98 Å². The molecule has 0 atom stereocenters. The Morgan fingerprint density at radius 1 is 0.806 bits per heavy atom. The molecule has 0 unspecified atom stereocenters. The summed E-state index contributed by atoms with van der Waals surface area (Å²) >= 11 is 4.57. The molecule has 0 saturated heterocycles. The zero-order chi connectivity index (χ0) is 20.2. The standard InChI is InChI=1S/C13H9.C12H7BrN.2ClH.S.Zr/c1-3-7-12-10(5-1)9-11-6-2-4-8-13(11)12;13-10-1-2-11-9(6-10)5-8-3-4-14-7-12(8)11;;;;/h1-7H,9H2;1-4,7H,5H2;2*1H;;/q2*-1;;;;+2/p-2. The van der Waals surface area contributed by atoms with E-state index in [1.807, 2.05) is 24.5 Å². The quantitative estimate of drug-likeness (QED) is 0.240. The van der Waals surface area contributed by atoms with Gasteiger partial charge in [0.05, 0.1) is 0 Å². The summed E-state index contributed by atoms with van der Waals surface area (Å²) in [6, 6.07) is 27.7. The summed E-state index contributed by atoms with van der Waals surface area (Å²) in [6.45, 7) is 0. The molecule has 3 aromatic carbocycles. The van der Waals surface area contributed by atoms with Gasteiger partial charge in [0.25, 0.3) is 0 Å². The minimum atomic E-state index is 0. The van der Waals surface area contributed by atoms with E-state index in [1.54, 1.807) is 0 Å². The predicted octanol–water partition coefficient (Wildman–Crippen LogP) is 0.927. The van der Waals surface area contributed by atoms with Gasteiger partial charge in [0.1, 0.15) is 0 Å². The van der Waals surface area contributed by atoms with Crippen LogP contribution in [-0.4, -0.2) is 4.98 Å². The number of fused-ring (bicyclic) bond motifs is 6. The van der Waals surface area contributed by atoms with Crippen molar-refractivity contribution in [3.05, 3.63) is 112 Å². The molecule has 0 radical (unpaired) electrons. The molecule has 0 fully saturated rings. The third-order valence-electron chi connectivity index (χ3n) is 5.17. The average Bonchev–Trinajstić information content (AvgIpc) is 3.33. The Bertz CT molecular complexity index is 1140. The number of benzene rings is 3. The Balaban J connectivity index is 0.000000193. The van der Waals surface area contributed by atoms with Crippen molar-refractivity contribution in [2.24, 2.45) is 0 Å². The number of aromatic nitrogens is 1. The molecule has 1 nitrogen and oxygen atoms in total. The fraction of sp³-hybridized carbons (Fsp3) is 0.0800. The van der Waals surface area contributed by atoms with Gasteiger partial charge in [-0.1, -0.05) is 61.4 Å². The van der Waals surface area contributed by atoms with Gasteiger partial charge in [-0.2, -0.15) is 18.2 Å². The first kappa shape index (κ1) is 26.2. The second-order valence-corrected chi connectivity index (χ2v) is 7.67. The molecule has 0 saturated carbocycles. The van der Waals surface area contributed by atoms with Crippen molar-refractivity contribution in [1.29, 1.82) is 0 Å². The Kier molecular flexibility index (Phi) is 10.4. The first-order valence-corrected chi connectivity index (χ1v) is 13.4. The number of halogens is 3. The zero-order valence-electron chi connectivity index (χ0n) is 16.3. The van der Waals surface area contributed by atoms with Crippen LogP contribution in [0.15, 0.2) is 77.5 Å². The molecule has 1 aromatic heterocycles. The van der Waals surface area contributed by atoms with Crippen molar-refractivity contribution >= 4 is 24.8 Å². The van der Waals surface area contributed by atoms with Gasteiger partial charge < -0.3 is 24.8 Å². The van der Waals surface area contributed by atoms with Gasteiger partial charge in [0, 0.05) is 12.4 Å². The van der Waals surface area contributed by atoms with Crippen LogP contribution in [-0.2, 0) is 35.5 Å². The van der Waals surface area contributed by atoms with E-state index in [1.165, 1.54) is 44.5 Å². The molecule has 0 amide bonds. The van der Waals surface area contributed by atoms with E-state index in [4.69, 9.17) is 0 Å². The molecule has 154 valence electrons. The van der Waals surface area contributed by atoms with Crippen LogP contribution in [0.4, 0.5) is 0 Å². The molecule has 0 N–H and O–H groups in total. The third-order valence-corrected chi connectivity index (χ3v) is 5.63. The molecule has 0 spiro atoms. The van der Waals surface area contributed by atoms with Gasteiger partial charge in [-0.25, -0.2) is 0 Å². The summed E-state index contributed by atoms with van der Waals surface area (Å²) in [5, 5.41) is 0. The van der Waals surface area contributed by atoms with Crippen molar-refractivity contribution < 1.29 is 47.5 Å². The van der Waals surface area contributed by atoms with E-state index in [2.05, 4.69) is 90.4 Å². The van der Waals surface area contributed by atoms with Gasteiger partial charge in [0.15, 0.2) is 0 Å². The minimum Gasteiger partial charge on any atom is -0.147 e. The maximum Gasteiger partial charge on any atom is -0.0454 e. The number of pyridine rings is 1. The molecule has 0 bridgehead atoms. The summed E-state index contributed by atoms with van der Waals surface area (Å²) in [4.78, 5) is 4.15. The Hall–Kier alpha value is -1.03. The number of hydrogen-bond donors (Lipinski definition) is 0. The van der Waals surface area contributed by atoms with E-state index < -0.39 is 0 Å². The van der Waals surface area contributed by atoms with Crippen LogP contribution in [0.3, 0.4) is 0 Å². The second kappa shape index (κ2) is 12.3. The van der Waals surface area contributed by atoms with E-state index in [0.717, 1.165) is 40.0 Å². The van der Waals surface area contributed by atoms with Crippen LogP contribution in [0.5, 0.6) is 0 Å². The first-order valence-electron chi connectivity index (χ1n) is 9.22. The fourth-order valence-corrected chi connectivity index (χ4v) is 4.28. The van der Waals surface area contributed by atoms with Gasteiger partial charge in [0.2, 0.25) is 0 Å². The normalized spacial score (nSPS) is 10.9. The molecular weight excluding hydrogens is 588 g/mol. The van der Waals surface area contributed by atoms with Gasteiger partial charge in [-0.05, 0) is 24.5 Å². The number of nitrogens with zero attached hydrogens (tertiary/aromatic N) is 1. The smallest absolute Gasteiger partial charge is 0.0454 e. The minimum absolute atomic E-state index is 0. The van der Waals surface area contributed by atoms with Crippen LogP contribution in [0.2, 0.25) is 0 Å². The van der Waals surface area contributed by atoms with Crippen LogP contribution in [0.25, 0.3) is 22.3 Å². The van der Waals surface area contributed by atoms with E-state index >= 15 is 0 Å². The van der Waals surface area contributed by atoms with E-state index in [0.29, 0.717) is 0 Å². The molecule has 2 aliphatic rings. The summed E-state index contributed by atoms with van der Waals surface area (Å²) in [6.07, 6.45) is 5.83. The average molecular weight is 605 g/mol. The van der Waals surface area contributed by atoms with E-state index in [-0.39, 0.29) is 24.8 Å². The van der Waals surface area contributed by atoms with Crippen molar-refractivity contribution in [3.8, 4) is 22.3 Å². The summed E-state index contributed by atoms with van der Waals surface area (Å²) in [7, 11) is 4.17. The first-order chi connectivity index (χ1) is 14.3. The number of hydrogen-bond acceptors (Lipinski definition) is 2. The summed E-state index contributed by atoms with van der Waals surface area (Å²) in [5.41, 5.74) is 10.6.